The highest BCUT2D eigenvalue weighted by molar-refractivity contribution is 5.85. The largest absolute Gasteiger partial charge is 0.494 e. The van der Waals surface area contributed by atoms with Gasteiger partial charge in [-0.05, 0) is 24.1 Å². The molecule has 0 fully saturated rings. The number of ether oxygens (including phenoxy) is 2. The van der Waals surface area contributed by atoms with Crippen molar-refractivity contribution in [1.29, 1.82) is 0 Å². The summed E-state index contributed by atoms with van der Waals surface area (Å²) in [5.41, 5.74) is 2.89. The molecular weight excluding hydrogens is 416 g/mol. The summed E-state index contributed by atoms with van der Waals surface area (Å²) in [6, 6.07) is 16.3. The maximum absolute atomic E-state index is 5.96. The van der Waals surface area contributed by atoms with Crippen molar-refractivity contribution in [2.75, 3.05) is 42.9 Å². The van der Waals surface area contributed by atoms with Gasteiger partial charge in [0.05, 0.1) is 31.4 Å². The fourth-order valence-electron chi connectivity index (χ4n) is 3.76. The number of rotatable bonds is 8. The number of likely N-dealkylation sites (N-methyl/N-ethyl adjacent to an activating group) is 1. The van der Waals surface area contributed by atoms with Crippen LogP contribution in [0.4, 0.5) is 23.1 Å². The topological polar surface area (TPSA) is 75.1 Å². The van der Waals surface area contributed by atoms with Gasteiger partial charge >= 0.3 is 0 Å². The molecule has 0 aliphatic carbocycles. The first-order valence-electron chi connectivity index (χ1n) is 10.7. The van der Waals surface area contributed by atoms with E-state index in [2.05, 4.69) is 51.0 Å². The zero-order chi connectivity index (χ0) is 23.2. The summed E-state index contributed by atoms with van der Waals surface area (Å²) in [7, 11) is 5.38. The summed E-state index contributed by atoms with van der Waals surface area (Å²) in [6.07, 6.45) is 5.93. The number of aromatic nitrogens is 2. The molecule has 8 nitrogen and oxygen atoms in total. The smallest absolute Gasteiger partial charge is 0.229 e. The molecule has 1 aromatic heterocycles. The van der Waals surface area contributed by atoms with Crippen molar-refractivity contribution in [3.63, 3.8) is 0 Å². The van der Waals surface area contributed by atoms with Gasteiger partial charge in [-0.3, -0.25) is 4.99 Å². The molecule has 3 aromatic rings. The quantitative estimate of drug-likeness (QED) is 0.411. The maximum atomic E-state index is 5.96. The van der Waals surface area contributed by atoms with E-state index in [1.54, 1.807) is 37.8 Å². The normalized spacial score (nSPS) is 15.0. The molecule has 1 N–H and O–H groups in total. The van der Waals surface area contributed by atoms with E-state index in [0.29, 0.717) is 24.1 Å². The Hall–Kier alpha value is -4.07. The Bertz CT molecular complexity index is 1130. The lowest BCUT2D eigenvalue weighted by molar-refractivity contribution is 0.262. The van der Waals surface area contributed by atoms with Gasteiger partial charge in [0.25, 0.3) is 0 Å². The number of hydrogen-bond acceptors (Lipinski definition) is 7. The van der Waals surface area contributed by atoms with Crippen LogP contribution in [-0.2, 0) is 6.42 Å². The molecule has 2 aromatic carbocycles. The Morgan fingerprint density at radius 2 is 2.12 bits per heavy atom. The molecule has 1 unspecified atom stereocenters. The van der Waals surface area contributed by atoms with Crippen LogP contribution in [0.15, 0.2) is 72.5 Å². The van der Waals surface area contributed by atoms with Crippen LogP contribution >= 0.6 is 0 Å². The Morgan fingerprint density at radius 3 is 2.85 bits per heavy atom. The van der Waals surface area contributed by atoms with E-state index in [0.717, 1.165) is 23.6 Å². The lowest BCUT2D eigenvalue weighted by atomic mass is 10.0. The third-order valence-electron chi connectivity index (χ3n) is 5.51. The van der Waals surface area contributed by atoms with Gasteiger partial charge in [0.2, 0.25) is 5.95 Å². The number of methoxy groups -OCH3 is 1. The fraction of sp³-hybridized carbons (Fsp3) is 0.240. The number of hydrogen-bond donors (Lipinski definition) is 1. The minimum Gasteiger partial charge on any atom is -0.494 e. The second kappa shape index (κ2) is 10.0. The van der Waals surface area contributed by atoms with Crippen LogP contribution in [0.1, 0.15) is 5.56 Å². The van der Waals surface area contributed by atoms with E-state index in [1.807, 2.05) is 31.3 Å². The van der Waals surface area contributed by atoms with Crippen molar-refractivity contribution in [2.45, 2.75) is 12.5 Å². The molecule has 1 aliphatic heterocycles. The Balaban J connectivity index is 1.54. The van der Waals surface area contributed by atoms with Gasteiger partial charge in [-0.1, -0.05) is 36.9 Å². The Kier molecular flexibility index (Phi) is 6.73. The second-order valence-electron chi connectivity index (χ2n) is 7.62. The molecule has 0 amide bonds. The first-order valence-corrected chi connectivity index (χ1v) is 10.7. The van der Waals surface area contributed by atoms with Crippen LogP contribution in [0, 0.1) is 0 Å². The molecule has 0 radical (unpaired) electrons. The van der Waals surface area contributed by atoms with Gasteiger partial charge < -0.3 is 24.6 Å². The first-order chi connectivity index (χ1) is 16.1. The minimum atomic E-state index is 0.187. The van der Waals surface area contributed by atoms with E-state index >= 15 is 0 Å². The van der Waals surface area contributed by atoms with Crippen molar-refractivity contribution in [3.05, 3.63) is 73.1 Å². The highest BCUT2D eigenvalue weighted by atomic mass is 16.5. The molecule has 33 heavy (non-hydrogen) atoms. The lowest BCUT2D eigenvalue weighted by Gasteiger charge is -2.34. The second-order valence-corrected chi connectivity index (χ2v) is 7.62. The average Bonchev–Trinajstić information content (AvgIpc) is 2.85. The minimum absolute atomic E-state index is 0.187. The van der Waals surface area contributed by atoms with Gasteiger partial charge in [-0.15, -0.1) is 0 Å². The van der Waals surface area contributed by atoms with E-state index in [4.69, 9.17) is 14.5 Å². The van der Waals surface area contributed by atoms with Gasteiger partial charge in [-0.2, -0.15) is 4.98 Å². The predicted octanol–water partition coefficient (Wildman–Crippen LogP) is 4.28. The average molecular weight is 445 g/mol. The van der Waals surface area contributed by atoms with Crippen molar-refractivity contribution < 1.29 is 9.47 Å². The number of nitrogens with one attached hydrogen (secondary N) is 1. The SMILES string of the molecule is C=CN(C=NC)c1ccc(Nc2ncc3c(n2)N(C)C(Cc2ccccc2)CO3)cc1OC. The molecule has 8 heteroatoms. The van der Waals surface area contributed by atoms with Crippen LogP contribution in [0.3, 0.4) is 0 Å². The molecule has 170 valence electrons. The summed E-state index contributed by atoms with van der Waals surface area (Å²) >= 11 is 0. The van der Waals surface area contributed by atoms with Crippen LogP contribution in [0.2, 0.25) is 0 Å². The van der Waals surface area contributed by atoms with Gasteiger partial charge in [0.15, 0.2) is 11.6 Å². The Labute approximate surface area is 194 Å². The zero-order valence-corrected chi connectivity index (χ0v) is 19.1. The lowest BCUT2D eigenvalue weighted by Crippen LogP contribution is -2.42. The number of fused-ring (bicyclic) bond motifs is 1. The molecule has 0 bridgehead atoms. The van der Waals surface area contributed by atoms with E-state index in [-0.39, 0.29) is 6.04 Å². The predicted molar refractivity (Wildman–Crippen MR) is 133 cm³/mol. The van der Waals surface area contributed by atoms with E-state index in [9.17, 15) is 0 Å². The molecule has 0 saturated carbocycles. The van der Waals surface area contributed by atoms with Crippen molar-refractivity contribution in [2.24, 2.45) is 4.99 Å². The van der Waals surface area contributed by atoms with Crippen LogP contribution in [0.25, 0.3) is 0 Å². The number of nitrogens with zero attached hydrogens (tertiary/aromatic N) is 5. The molecule has 0 saturated heterocycles. The van der Waals surface area contributed by atoms with Crippen LogP contribution < -0.4 is 24.6 Å². The molecule has 4 rings (SSSR count). The highest BCUT2D eigenvalue weighted by Gasteiger charge is 2.27. The Morgan fingerprint density at radius 1 is 1.30 bits per heavy atom. The van der Waals surface area contributed by atoms with E-state index < -0.39 is 0 Å². The maximum Gasteiger partial charge on any atom is 0.229 e. The van der Waals surface area contributed by atoms with Crippen LogP contribution in [-0.4, -0.2) is 50.2 Å². The van der Waals surface area contributed by atoms with Crippen molar-refractivity contribution >= 4 is 29.5 Å². The van der Waals surface area contributed by atoms with Gasteiger partial charge in [-0.25, -0.2) is 4.98 Å². The van der Waals surface area contributed by atoms with E-state index in [1.165, 1.54) is 5.56 Å². The summed E-state index contributed by atoms with van der Waals surface area (Å²) in [4.78, 5) is 17.2. The first kappa shape index (κ1) is 22.1. The molecule has 2 heterocycles. The van der Waals surface area contributed by atoms with Gasteiger partial charge in [0.1, 0.15) is 12.4 Å². The molecule has 1 aliphatic rings. The van der Waals surface area contributed by atoms with Crippen molar-refractivity contribution in [3.8, 4) is 11.5 Å². The number of benzene rings is 2. The molecule has 1 atom stereocenters. The zero-order valence-electron chi connectivity index (χ0n) is 19.1. The number of anilines is 4. The molecule has 0 spiro atoms. The van der Waals surface area contributed by atoms with Crippen molar-refractivity contribution in [1.82, 2.24) is 9.97 Å². The highest BCUT2D eigenvalue weighted by Crippen LogP contribution is 2.34. The number of aliphatic imine (C=N–C) groups is 1. The van der Waals surface area contributed by atoms with Crippen LogP contribution in [0.5, 0.6) is 11.5 Å². The molecular formula is C25H28N6O2. The summed E-state index contributed by atoms with van der Waals surface area (Å²) in [5.74, 6) is 2.59. The monoisotopic (exact) mass is 444 g/mol. The third kappa shape index (κ3) is 4.90. The summed E-state index contributed by atoms with van der Waals surface area (Å²) < 4.78 is 11.5. The summed E-state index contributed by atoms with van der Waals surface area (Å²) in [5, 5.41) is 3.27. The third-order valence-corrected chi connectivity index (χ3v) is 5.51. The summed E-state index contributed by atoms with van der Waals surface area (Å²) in [6.45, 7) is 4.42. The fourth-order valence-corrected chi connectivity index (χ4v) is 3.76. The van der Waals surface area contributed by atoms with Gasteiger partial charge in [0, 0.05) is 32.0 Å². The standard InChI is InChI=1S/C25H28N6O2/c1-5-31(17-26-2)21-12-11-19(14-22(21)32-4)28-25-27-15-23-24(29-25)30(3)20(16-33-23)13-18-9-7-6-8-10-18/h5-12,14-15,17,20H,1,13,16H2,2-4H3,(H,27,28,29).